The topological polar surface area (TPSA) is 182 Å². The number of carboxylic acids is 4. The number of esters is 1. The zero-order valence-corrected chi connectivity index (χ0v) is 22.9. The Kier molecular flexibility index (Phi) is 15.7. The highest BCUT2D eigenvalue weighted by Gasteiger charge is 2.17. The first kappa shape index (κ1) is 34.5. The predicted octanol–water partition coefficient (Wildman–Crippen LogP) is 2.72. The Labute approximate surface area is 241 Å². The summed E-state index contributed by atoms with van der Waals surface area (Å²) in [6.07, 6.45) is 2.23. The normalized spacial score (nSPS) is 13.4. The lowest BCUT2D eigenvalue weighted by atomic mass is 10.0. The first-order valence-corrected chi connectivity index (χ1v) is 12.4. The molecule has 0 unspecified atom stereocenters. The van der Waals surface area contributed by atoms with E-state index < -0.39 is 23.9 Å². The number of carbonyl (C=O) groups excluding carboxylic acids is 1. The number of benzene rings is 2. The zero-order valence-electron chi connectivity index (χ0n) is 22.2. The summed E-state index contributed by atoms with van der Waals surface area (Å²) in [6, 6.07) is 15.7. The summed E-state index contributed by atoms with van der Waals surface area (Å²) in [5.41, 5.74) is 3.03. The predicted molar refractivity (Wildman–Crippen MR) is 149 cm³/mol. The van der Waals surface area contributed by atoms with Crippen molar-refractivity contribution in [2.75, 3.05) is 39.8 Å². The lowest BCUT2D eigenvalue weighted by Gasteiger charge is -2.31. The molecule has 41 heavy (non-hydrogen) atoms. The third kappa shape index (κ3) is 16.2. The van der Waals surface area contributed by atoms with Gasteiger partial charge in [-0.15, -0.1) is 0 Å². The average molecular weight is 591 g/mol. The number of hydrogen-bond donors (Lipinski definition) is 4. The molecule has 13 heteroatoms. The van der Waals surface area contributed by atoms with Crippen molar-refractivity contribution >= 4 is 41.4 Å². The van der Waals surface area contributed by atoms with Gasteiger partial charge in [0, 0.05) is 61.1 Å². The van der Waals surface area contributed by atoms with Crippen LogP contribution in [0.5, 0.6) is 0 Å². The summed E-state index contributed by atoms with van der Waals surface area (Å²) in [6.45, 7) is 4.49. The van der Waals surface area contributed by atoms with Gasteiger partial charge in [0.1, 0.15) is 6.61 Å². The van der Waals surface area contributed by atoms with E-state index in [1.54, 1.807) is 0 Å². The van der Waals surface area contributed by atoms with Crippen LogP contribution >= 0.6 is 11.6 Å². The smallest absolute Gasteiger partial charge is 0.328 e. The molecule has 0 saturated carbocycles. The third-order valence-electron chi connectivity index (χ3n) is 5.22. The molecule has 1 heterocycles. The summed E-state index contributed by atoms with van der Waals surface area (Å²) in [5.74, 6) is -5.20. The standard InChI is InChI=1S/C20H23ClN2O2.2C4H4O4/c1-22-10-12-23(13-11-22)14-20(24)25-15-16-6-8-17(9-7-16)18-4-2-3-5-19(18)21;2*5-3(6)1-2-4(7)8/h2-9H,10-15H2,1H3;2*1-2H,(H,5,6)(H,7,8)/b;2*2-1+. The number of aliphatic carboxylic acids is 4. The molecule has 0 radical (unpaired) electrons. The van der Waals surface area contributed by atoms with Crippen molar-refractivity contribution in [1.29, 1.82) is 0 Å². The number of ether oxygens (including phenoxy) is 1. The van der Waals surface area contributed by atoms with Gasteiger partial charge in [0.15, 0.2) is 0 Å². The van der Waals surface area contributed by atoms with Gasteiger partial charge < -0.3 is 30.1 Å². The van der Waals surface area contributed by atoms with Crippen LogP contribution in [0.1, 0.15) is 5.56 Å². The highest BCUT2D eigenvalue weighted by Crippen LogP contribution is 2.27. The molecule has 3 rings (SSSR count). The van der Waals surface area contributed by atoms with Gasteiger partial charge in [0.2, 0.25) is 0 Å². The van der Waals surface area contributed by atoms with Gasteiger partial charge in [-0.05, 0) is 24.2 Å². The number of hydrogen-bond acceptors (Lipinski definition) is 8. The molecule has 0 atom stereocenters. The second kappa shape index (κ2) is 18.7. The van der Waals surface area contributed by atoms with Gasteiger partial charge in [0.25, 0.3) is 0 Å². The molecule has 1 aliphatic rings. The summed E-state index contributed by atoms with van der Waals surface area (Å²) in [4.78, 5) is 54.6. The number of likely N-dealkylation sites (N-methyl/N-ethyl adjacent to an activating group) is 1. The molecule has 0 bridgehead atoms. The maximum absolute atomic E-state index is 12.0. The van der Waals surface area contributed by atoms with Gasteiger partial charge in [0.05, 0.1) is 6.54 Å². The molecule has 1 fully saturated rings. The van der Waals surface area contributed by atoms with Crippen molar-refractivity contribution in [3.8, 4) is 11.1 Å². The van der Waals surface area contributed by atoms with Crippen molar-refractivity contribution in [2.24, 2.45) is 0 Å². The lowest BCUT2D eigenvalue weighted by molar-refractivity contribution is -0.146. The Balaban J connectivity index is 0.000000433. The highest BCUT2D eigenvalue weighted by molar-refractivity contribution is 6.33. The number of nitrogens with zero attached hydrogens (tertiary/aromatic N) is 2. The Morgan fingerprint density at radius 1 is 0.756 bits per heavy atom. The van der Waals surface area contributed by atoms with Crippen LogP contribution in [0.4, 0.5) is 0 Å². The van der Waals surface area contributed by atoms with Crippen LogP contribution in [0.2, 0.25) is 5.02 Å². The monoisotopic (exact) mass is 590 g/mol. The van der Waals surface area contributed by atoms with Crippen molar-refractivity contribution in [3.05, 3.63) is 83.4 Å². The number of carboxylic acid groups (broad SMARTS) is 4. The van der Waals surface area contributed by atoms with E-state index in [0.29, 0.717) is 37.5 Å². The van der Waals surface area contributed by atoms with Crippen LogP contribution in [0.15, 0.2) is 72.8 Å². The van der Waals surface area contributed by atoms with E-state index in [2.05, 4.69) is 16.8 Å². The van der Waals surface area contributed by atoms with Gasteiger partial charge in [-0.1, -0.05) is 54.1 Å². The van der Waals surface area contributed by atoms with Crippen LogP contribution in [0.25, 0.3) is 11.1 Å². The lowest BCUT2D eigenvalue weighted by Crippen LogP contribution is -2.46. The van der Waals surface area contributed by atoms with E-state index in [0.717, 1.165) is 47.9 Å². The second-order valence-corrected chi connectivity index (χ2v) is 8.84. The highest BCUT2D eigenvalue weighted by atomic mass is 35.5. The Morgan fingerprint density at radius 2 is 1.22 bits per heavy atom. The van der Waals surface area contributed by atoms with E-state index in [1.807, 2.05) is 48.5 Å². The molecule has 2 aromatic carbocycles. The molecule has 220 valence electrons. The van der Waals surface area contributed by atoms with E-state index >= 15 is 0 Å². The Morgan fingerprint density at radius 3 is 1.66 bits per heavy atom. The Hall–Kier alpha value is -4.52. The van der Waals surface area contributed by atoms with Gasteiger partial charge in [-0.2, -0.15) is 0 Å². The first-order valence-electron chi connectivity index (χ1n) is 12.1. The maximum atomic E-state index is 12.0. The largest absolute Gasteiger partial charge is 0.478 e. The quantitative estimate of drug-likeness (QED) is 0.248. The summed E-state index contributed by atoms with van der Waals surface area (Å²) in [5, 5.41) is 32.0. The van der Waals surface area contributed by atoms with Crippen molar-refractivity contribution < 1.29 is 49.1 Å². The number of carbonyl (C=O) groups is 5. The van der Waals surface area contributed by atoms with Crippen LogP contribution in [0.3, 0.4) is 0 Å². The van der Waals surface area contributed by atoms with Gasteiger partial charge in [-0.3, -0.25) is 9.69 Å². The molecule has 1 saturated heterocycles. The van der Waals surface area contributed by atoms with Crippen molar-refractivity contribution in [2.45, 2.75) is 6.61 Å². The summed E-state index contributed by atoms with van der Waals surface area (Å²) >= 11 is 6.23. The summed E-state index contributed by atoms with van der Waals surface area (Å²) in [7, 11) is 2.10. The fraction of sp³-hybridized carbons (Fsp3) is 0.250. The van der Waals surface area contributed by atoms with Crippen molar-refractivity contribution in [1.82, 2.24) is 9.80 Å². The van der Waals surface area contributed by atoms with Crippen LogP contribution in [-0.2, 0) is 35.3 Å². The molecular formula is C28H31ClN2O10. The SMILES string of the molecule is CN1CCN(CC(=O)OCc2ccc(-c3ccccc3Cl)cc2)CC1.O=C(O)/C=C/C(=O)O.O=C(O)/C=C/C(=O)O. The van der Waals surface area contributed by atoms with Crippen LogP contribution in [0, 0.1) is 0 Å². The minimum Gasteiger partial charge on any atom is -0.478 e. The Bertz CT molecular complexity index is 1170. The molecule has 12 nitrogen and oxygen atoms in total. The van der Waals surface area contributed by atoms with E-state index in [1.165, 1.54) is 0 Å². The molecular weight excluding hydrogens is 560 g/mol. The van der Waals surface area contributed by atoms with Gasteiger partial charge in [-0.25, -0.2) is 19.2 Å². The molecule has 4 N–H and O–H groups in total. The van der Waals surface area contributed by atoms with Crippen LogP contribution in [-0.4, -0.2) is 99.8 Å². The zero-order chi connectivity index (χ0) is 30.8. The molecule has 0 amide bonds. The van der Waals surface area contributed by atoms with E-state index in [9.17, 15) is 24.0 Å². The maximum Gasteiger partial charge on any atom is 0.328 e. The third-order valence-corrected chi connectivity index (χ3v) is 5.55. The summed E-state index contributed by atoms with van der Waals surface area (Å²) < 4.78 is 5.41. The van der Waals surface area contributed by atoms with E-state index in [-0.39, 0.29) is 5.97 Å². The van der Waals surface area contributed by atoms with Crippen LogP contribution < -0.4 is 0 Å². The molecule has 0 aromatic heterocycles. The number of piperazine rings is 1. The van der Waals surface area contributed by atoms with Crippen molar-refractivity contribution in [3.63, 3.8) is 0 Å². The fourth-order valence-electron chi connectivity index (χ4n) is 3.16. The first-order chi connectivity index (χ1) is 19.4. The minimum absolute atomic E-state index is 0.167. The number of halogens is 1. The average Bonchev–Trinajstić information content (AvgIpc) is 2.92. The van der Waals surface area contributed by atoms with Gasteiger partial charge >= 0.3 is 29.8 Å². The van der Waals surface area contributed by atoms with E-state index in [4.69, 9.17) is 36.8 Å². The second-order valence-electron chi connectivity index (χ2n) is 8.44. The molecule has 0 spiro atoms. The minimum atomic E-state index is -1.26. The molecule has 1 aliphatic heterocycles. The fourth-order valence-corrected chi connectivity index (χ4v) is 3.40. The number of rotatable bonds is 9. The molecule has 0 aliphatic carbocycles. The molecule has 2 aromatic rings.